The maximum Gasteiger partial charge on any atom is 0.267 e. The highest BCUT2D eigenvalue weighted by Gasteiger charge is 2.51. The van der Waals surface area contributed by atoms with Crippen LogP contribution in [0.15, 0.2) is 66.7 Å². The standard InChI is InChI=1S/C26H25ClN2O5/c1-16(30)28-19-9-4-7-17(13-19)15-29-23(21-11-6-12-22(32-2)24(21)33-3)25(26(29)31)34-20-10-5-8-18(27)14-20/h4-14,23,25H,15H2,1-3H3,(H,28,30)/t23-,25+/m1/s1. The summed E-state index contributed by atoms with van der Waals surface area (Å²) in [6, 6.07) is 19.5. The van der Waals surface area contributed by atoms with Crippen molar-refractivity contribution in [2.75, 3.05) is 19.5 Å². The number of carbonyl (C=O) groups excluding carboxylic acids is 2. The Hall–Kier alpha value is -3.71. The van der Waals surface area contributed by atoms with Gasteiger partial charge < -0.3 is 24.4 Å². The van der Waals surface area contributed by atoms with Gasteiger partial charge >= 0.3 is 0 Å². The lowest BCUT2D eigenvalue weighted by Crippen LogP contribution is -2.60. The fourth-order valence-electron chi connectivity index (χ4n) is 4.12. The number of benzene rings is 3. The molecule has 0 unspecified atom stereocenters. The topological polar surface area (TPSA) is 77.1 Å². The van der Waals surface area contributed by atoms with E-state index >= 15 is 0 Å². The molecular weight excluding hydrogens is 456 g/mol. The molecule has 0 radical (unpaired) electrons. The lowest BCUT2D eigenvalue weighted by molar-refractivity contribution is -0.165. The molecule has 0 bridgehead atoms. The summed E-state index contributed by atoms with van der Waals surface area (Å²) in [7, 11) is 3.13. The third kappa shape index (κ3) is 4.79. The van der Waals surface area contributed by atoms with Gasteiger partial charge in [0.2, 0.25) is 12.0 Å². The molecule has 2 atom stereocenters. The molecule has 1 N–H and O–H groups in total. The molecule has 176 valence electrons. The van der Waals surface area contributed by atoms with Gasteiger partial charge in [-0.15, -0.1) is 0 Å². The van der Waals surface area contributed by atoms with E-state index in [1.165, 1.54) is 6.92 Å². The number of methoxy groups -OCH3 is 2. The summed E-state index contributed by atoms with van der Waals surface area (Å²) in [6.07, 6.45) is -0.766. The number of nitrogens with zero attached hydrogens (tertiary/aromatic N) is 1. The van der Waals surface area contributed by atoms with Gasteiger partial charge in [-0.05, 0) is 42.0 Å². The van der Waals surface area contributed by atoms with E-state index in [1.807, 2.05) is 30.3 Å². The van der Waals surface area contributed by atoms with Gasteiger partial charge in [-0.3, -0.25) is 9.59 Å². The molecule has 8 heteroatoms. The van der Waals surface area contributed by atoms with E-state index in [4.69, 9.17) is 25.8 Å². The number of hydrogen-bond donors (Lipinski definition) is 1. The fraction of sp³-hybridized carbons (Fsp3) is 0.231. The number of anilines is 1. The van der Waals surface area contributed by atoms with Crippen LogP contribution in [0.4, 0.5) is 5.69 Å². The van der Waals surface area contributed by atoms with Crippen molar-refractivity contribution in [1.29, 1.82) is 0 Å². The Morgan fingerprint density at radius 2 is 1.79 bits per heavy atom. The van der Waals surface area contributed by atoms with E-state index in [0.717, 1.165) is 11.1 Å². The quantitative estimate of drug-likeness (QED) is 0.466. The summed E-state index contributed by atoms with van der Waals surface area (Å²) in [4.78, 5) is 26.5. The maximum atomic E-state index is 13.3. The zero-order valence-electron chi connectivity index (χ0n) is 19.1. The summed E-state index contributed by atoms with van der Waals surface area (Å²) in [6.45, 7) is 1.78. The summed E-state index contributed by atoms with van der Waals surface area (Å²) in [5, 5.41) is 3.29. The van der Waals surface area contributed by atoms with Gasteiger partial charge in [0.15, 0.2) is 11.5 Å². The average Bonchev–Trinajstić information content (AvgIpc) is 2.82. The van der Waals surface area contributed by atoms with Crippen LogP contribution in [0.3, 0.4) is 0 Å². The molecule has 3 aromatic rings. The van der Waals surface area contributed by atoms with Crippen molar-refractivity contribution in [2.45, 2.75) is 25.6 Å². The van der Waals surface area contributed by atoms with Crippen LogP contribution in [0.2, 0.25) is 5.02 Å². The van der Waals surface area contributed by atoms with Gasteiger partial charge in [0, 0.05) is 29.7 Å². The molecule has 1 fully saturated rings. The van der Waals surface area contributed by atoms with Crippen LogP contribution in [0.25, 0.3) is 0 Å². The smallest absolute Gasteiger partial charge is 0.267 e. The monoisotopic (exact) mass is 480 g/mol. The van der Waals surface area contributed by atoms with Gasteiger partial charge in [-0.1, -0.05) is 41.9 Å². The fourth-order valence-corrected chi connectivity index (χ4v) is 4.30. The minimum atomic E-state index is -0.766. The van der Waals surface area contributed by atoms with Crippen LogP contribution in [0.1, 0.15) is 24.1 Å². The third-order valence-electron chi connectivity index (χ3n) is 5.56. The van der Waals surface area contributed by atoms with E-state index in [-0.39, 0.29) is 11.8 Å². The van der Waals surface area contributed by atoms with Gasteiger partial charge in [-0.25, -0.2) is 0 Å². The van der Waals surface area contributed by atoms with E-state index in [0.29, 0.717) is 34.5 Å². The van der Waals surface area contributed by atoms with Crippen LogP contribution in [0.5, 0.6) is 17.2 Å². The summed E-state index contributed by atoms with van der Waals surface area (Å²) in [5.74, 6) is 1.28. The Morgan fingerprint density at radius 3 is 2.50 bits per heavy atom. The summed E-state index contributed by atoms with van der Waals surface area (Å²) >= 11 is 6.11. The second-order valence-corrected chi connectivity index (χ2v) is 8.31. The molecule has 0 saturated carbocycles. The minimum absolute atomic E-state index is 0.161. The highest BCUT2D eigenvalue weighted by Crippen LogP contribution is 2.45. The molecule has 0 spiro atoms. The molecule has 3 aromatic carbocycles. The Labute approximate surface area is 203 Å². The molecule has 0 aromatic heterocycles. The Kier molecular flexibility index (Phi) is 6.93. The van der Waals surface area contributed by atoms with Crippen molar-refractivity contribution in [3.8, 4) is 17.2 Å². The number of halogens is 1. The zero-order chi connectivity index (χ0) is 24.2. The Balaban J connectivity index is 1.68. The van der Waals surface area contributed by atoms with Gasteiger partial charge in [0.05, 0.1) is 14.2 Å². The van der Waals surface area contributed by atoms with E-state index in [9.17, 15) is 9.59 Å². The summed E-state index contributed by atoms with van der Waals surface area (Å²) in [5.41, 5.74) is 2.30. The average molecular weight is 481 g/mol. The van der Waals surface area contributed by atoms with Crippen LogP contribution in [-0.4, -0.2) is 37.0 Å². The number of amides is 2. The number of rotatable bonds is 8. The predicted octanol–water partition coefficient (Wildman–Crippen LogP) is 4.85. The number of para-hydroxylation sites is 1. The Morgan fingerprint density at radius 1 is 1.03 bits per heavy atom. The maximum absolute atomic E-state index is 13.3. The van der Waals surface area contributed by atoms with Crippen LogP contribution in [-0.2, 0) is 16.1 Å². The van der Waals surface area contributed by atoms with Crippen molar-refractivity contribution in [3.05, 3.63) is 82.9 Å². The minimum Gasteiger partial charge on any atom is -0.493 e. The normalized spacial score (nSPS) is 17.1. The molecule has 1 heterocycles. The predicted molar refractivity (Wildman–Crippen MR) is 129 cm³/mol. The van der Waals surface area contributed by atoms with Gasteiger partial charge in [-0.2, -0.15) is 0 Å². The van der Waals surface area contributed by atoms with E-state index in [2.05, 4.69) is 5.32 Å². The van der Waals surface area contributed by atoms with E-state index < -0.39 is 12.1 Å². The lowest BCUT2D eigenvalue weighted by Gasteiger charge is -2.47. The van der Waals surface area contributed by atoms with Crippen molar-refractivity contribution in [1.82, 2.24) is 4.90 Å². The van der Waals surface area contributed by atoms with Crippen LogP contribution >= 0.6 is 11.6 Å². The molecule has 1 aliphatic rings. The first-order valence-corrected chi connectivity index (χ1v) is 11.1. The molecule has 0 aliphatic carbocycles. The first kappa shape index (κ1) is 23.4. The van der Waals surface area contributed by atoms with Crippen molar-refractivity contribution >= 4 is 29.1 Å². The molecule has 1 aliphatic heterocycles. The summed E-state index contributed by atoms with van der Waals surface area (Å²) < 4.78 is 17.2. The van der Waals surface area contributed by atoms with Crippen molar-refractivity contribution in [2.24, 2.45) is 0 Å². The first-order valence-electron chi connectivity index (χ1n) is 10.7. The van der Waals surface area contributed by atoms with Gasteiger partial charge in [0.1, 0.15) is 11.8 Å². The number of carbonyl (C=O) groups is 2. The third-order valence-corrected chi connectivity index (χ3v) is 5.80. The van der Waals surface area contributed by atoms with Crippen molar-refractivity contribution < 1.29 is 23.8 Å². The lowest BCUT2D eigenvalue weighted by atomic mass is 9.88. The molecule has 2 amide bonds. The highest BCUT2D eigenvalue weighted by molar-refractivity contribution is 6.30. The number of ether oxygens (including phenoxy) is 3. The highest BCUT2D eigenvalue weighted by atomic mass is 35.5. The molecular formula is C26H25ClN2O5. The number of hydrogen-bond acceptors (Lipinski definition) is 5. The van der Waals surface area contributed by atoms with Crippen molar-refractivity contribution in [3.63, 3.8) is 0 Å². The largest absolute Gasteiger partial charge is 0.493 e. The number of likely N-dealkylation sites (tertiary alicyclic amines) is 1. The molecule has 4 rings (SSSR count). The second kappa shape index (κ2) is 10.1. The molecule has 7 nitrogen and oxygen atoms in total. The second-order valence-electron chi connectivity index (χ2n) is 7.87. The SMILES string of the molecule is COc1cccc([C@@H]2[C@H](Oc3cccc(Cl)c3)C(=O)N2Cc2cccc(NC(C)=O)c2)c1OC. The van der Waals surface area contributed by atoms with Crippen LogP contribution in [0, 0.1) is 0 Å². The van der Waals surface area contributed by atoms with Gasteiger partial charge in [0.25, 0.3) is 5.91 Å². The number of β-lactam (4-membered cyclic amide) rings is 1. The van der Waals surface area contributed by atoms with Crippen LogP contribution < -0.4 is 19.5 Å². The molecule has 34 heavy (non-hydrogen) atoms. The Bertz CT molecular complexity index is 1220. The first-order chi connectivity index (χ1) is 16.4. The van der Waals surface area contributed by atoms with E-state index in [1.54, 1.807) is 55.5 Å². The zero-order valence-corrected chi connectivity index (χ0v) is 19.8. The number of nitrogens with one attached hydrogen (secondary N) is 1. The molecule has 1 saturated heterocycles.